The van der Waals surface area contributed by atoms with Gasteiger partial charge in [-0.15, -0.1) is 0 Å². The van der Waals surface area contributed by atoms with Crippen LogP contribution in [-0.2, 0) is 0 Å². The summed E-state index contributed by atoms with van der Waals surface area (Å²) in [5.41, 5.74) is 2.06. The van der Waals surface area contributed by atoms with E-state index in [1.165, 1.54) is 0 Å². The Kier molecular flexibility index (Phi) is 2.85. The second-order valence-corrected chi connectivity index (χ2v) is 4.33. The third-order valence-corrected chi connectivity index (χ3v) is 3.24. The number of methoxy groups -OCH3 is 1. The fraction of sp³-hybridized carbons (Fsp3) is 0.214. The Labute approximate surface area is 109 Å². The predicted octanol–water partition coefficient (Wildman–Crippen LogP) is 1.75. The number of rotatable bonds is 3. The molecule has 1 atom stereocenters. The summed E-state index contributed by atoms with van der Waals surface area (Å²) in [7, 11) is 1.58. The number of aromatic nitrogens is 2. The van der Waals surface area contributed by atoms with E-state index in [-0.39, 0.29) is 6.61 Å². The van der Waals surface area contributed by atoms with Crippen molar-refractivity contribution in [3.8, 4) is 5.75 Å². The van der Waals surface area contributed by atoms with Crippen LogP contribution in [-0.4, -0.2) is 33.9 Å². The number of ether oxygens (including phenoxy) is 1. The minimum absolute atomic E-state index is 0.371. The molecule has 98 valence electrons. The van der Waals surface area contributed by atoms with E-state index < -0.39 is 6.10 Å². The van der Waals surface area contributed by atoms with Gasteiger partial charge in [0.1, 0.15) is 11.9 Å². The van der Waals surface area contributed by atoms with Crippen molar-refractivity contribution in [2.75, 3.05) is 13.7 Å². The quantitative estimate of drug-likeness (QED) is 0.668. The molecule has 5 nitrogen and oxygen atoms in total. The van der Waals surface area contributed by atoms with Crippen molar-refractivity contribution in [1.29, 1.82) is 0 Å². The Bertz CT molecular complexity index is 736. The lowest BCUT2D eigenvalue weighted by molar-refractivity contribution is 0.0933. The van der Waals surface area contributed by atoms with E-state index >= 15 is 0 Å². The van der Waals surface area contributed by atoms with Crippen LogP contribution in [0.5, 0.6) is 5.75 Å². The van der Waals surface area contributed by atoms with Gasteiger partial charge in [-0.1, -0.05) is 18.2 Å². The molecule has 0 aliphatic rings. The van der Waals surface area contributed by atoms with Gasteiger partial charge in [0, 0.05) is 10.9 Å². The highest BCUT2D eigenvalue weighted by Crippen LogP contribution is 2.35. The van der Waals surface area contributed by atoms with E-state index in [0.717, 1.165) is 16.3 Å². The van der Waals surface area contributed by atoms with E-state index in [2.05, 4.69) is 9.97 Å². The maximum absolute atomic E-state index is 9.84. The number of aliphatic hydroxyl groups is 2. The molecule has 5 heteroatoms. The van der Waals surface area contributed by atoms with Crippen molar-refractivity contribution in [2.24, 2.45) is 0 Å². The van der Waals surface area contributed by atoms with E-state index in [1.807, 2.05) is 24.3 Å². The molecule has 0 saturated carbocycles. The first-order valence-corrected chi connectivity index (χ1v) is 5.98. The number of nitrogens with zero attached hydrogens (tertiary/aromatic N) is 1. The second kappa shape index (κ2) is 4.53. The first-order chi connectivity index (χ1) is 9.26. The summed E-state index contributed by atoms with van der Waals surface area (Å²) < 4.78 is 5.34. The number of hydrogen-bond donors (Lipinski definition) is 3. The molecule has 0 fully saturated rings. The van der Waals surface area contributed by atoms with Gasteiger partial charge < -0.3 is 19.9 Å². The van der Waals surface area contributed by atoms with E-state index in [1.54, 1.807) is 13.3 Å². The van der Waals surface area contributed by atoms with Crippen LogP contribution in [0.1, 0.15) is 11.8 Å². The van der Waals surface area contributed by atoms with Crippen molar-refractivity contribution in [1.82, 2.24) is 9.97 Å². The summed E-state index contributed by atoms with van der Waals surface area (Å²) in [4.78, 5) is 7.40. The molecule has 0 amide bonds. The highest BCUT2D eigenvalue weighted by atomic mass is 16.5. The zero-order valence-corrected chi connectivity index (χ0v) is 10.4. The van der Waals surface area contributed by atoms with Crippen LogP contribution in [0.15, 0.2) is 30.5 Å². The maximum atomic E-state index is 9.84. The number of benzene rings is 1. The van der Waals surface area contributed by atoms with Crippen LogP contribution in [0.25, 0.3) is 21.8 Å². The average molecular weight is 258 g/mol. The van der Waals surface area contributed by atoms with Crippen LogP contribution in [0, 0.1) is 0 Å². The van der Waals surface area contributed by atoms with Crippen molar-refractivity contribution in [3.05, 3.63) is 36.2 Å². The van der Waals surface area contributed by atoms with Crippen molar-refractivity contribution >= 4 is 21.8 Å². The highest BCUT2D eigenvalue weighted by molar-refractivity contribution is 6.11. The Morgan fingerprint density at radius 1 is 1.37 bits per heavy atom. The summed E-state index contributed by atoms with van der Waals surface area (Å²) in [6, 6.07) is 7.80. The third kappa shape index (κ3) is 1.75. The first kappa shape index (κ1) is 12.0. The molecule has 3 N–H and O–H groups in total. The van der Waals surface area contributed by atoms with Gasteiger partial charge in [-0.05, 0) is 6.07 Å². The highest BCUT2D eigenvalue weighted by Gasteiger charge is 2.18. The Hall–Kier alpha value is -2.11. The molecule has 0 aliphatic heterocycles. The van der Waals surface area contributed by atoms with Crippen LogP contribution in [0.3, 0.4) is 0 Å². The molecule has 1 aromatic carbocycles. The number of aliphatic hydroxyl groups excluding tert-OH is 2. The van der Waals surface area contributed by atoms with E-state index in [9.17, 15) is 5.11 Å². The fourth-order valence-electron chi connectivity index (χ4n) is 2.34. The van der Waals surface area contributed by atoms with Gasteiger partial charge in [0.2, 0.25) is 0 Å². The number of para-hydroxylation sites is 1. The van der Waals surface area contributed by atoms with Crippen molar-refractivity contribution in [2.45, 2.75) is 6.10 Å². The topological polar surface area (TPSA) is 78.4 Å². The monoisotopic (exact) mass is 258 g/mol. The predicted molar refractivity (Wildman–Crippen MR) is 72.2 cm³/mol. The number of pyridine rings is 1. The standard InChI is InChI=1S/C14H14N2O3/c1-19-11-6-15-13(10(18)7-17)14-12(11)8-4-2-3-5-9(8)16-14/h2-6,10,16-18H,7H2,1H3. The summed E-state index contributed by atoms with van der Waals surface area (Å²) in [5.74, 6) is 0.640. The van der Waals surface area contributed by atoms with Gasteiger partial charge >= 0.3 is 0 Å². The lowest BCUT2D eigenvalue weighted by Gasteiger charge is -2.09. The molecule has 0 spiro atoms. The fourth-order valence-corrected chi connectivity index (χ4v) is 2.34. The average Bonchev–Trinajstić information content (AvgIpc) is 2.85. The lowest BCUT2D eigenvalue weighted by atomic mass is 10.1. The van der Waals surface area contributed by atoms with Gasteiger partial charge in [0.15, 0.2) is 0 Å². The van der Waals surface area contributed by atoms with Crippen LogP contribution >= 0.6 is 0 Å². The Morgan fingerprint density at radius 2 is 2.16 bits per heavy atom. The van der Waals surface area contributed by atoms with Gasteiger partial charge in [0.05, 0.1) is 36.5 Å². The molecular formula is C14H14N2O3. The number of fused-ring (bicyclic) bond motifs is 3. The molecular weight excluding hydrogens is 244 g/mol. The summed E-state index contributed by atoms with van der Waals surface area (Å²) in [5, 5.41) is 20.8. The van der Waals surface area contributed by atoms with Crippen LogP contribution in [0.2, 0.25) is 0 Å². The third-order valence-electron chi connectivity index (χ3n) is 3.24. The number of H-pyrrole nitrogens is 1. The smallest absolute Gasteiger partial charge is 0.147 e. The molecule has 19 heavy (non-hydrogen) atoms. The molecule has 1 unspecified atom stereocenters. The summed E-state index contributed by atoms with van der Waals surface area (Å²) >= 11 is 0. The van der Waals surface area contributed by atoms with Crippen LogP contribution in [0.4, 0.5) is 0 Å². The van der Waals surface area contributed by atoms with Gasteiger partial charge in [-0.2, -0.15) is 0 Å². The SMILES string of the molecule is COc1cnc(C(O)CO)c2[nH]c3ccccc3c12. The van der Waals surface area contributed by atoms with Crippen molar-refractivity contribution in [3.63, 3.8) is 0 Å². The minimum Gasteiger partial charge on any atom is -0.494 e. The second-order valence-electron chi connectivity index (χ2n) is 4.33. The molecule has 2 aromatic heterocycles. The van der Waals surface area contributed by atoms with Gasteiger partial charge in [-0.25, -0.2) is 0 Å². The largest absolute Gasteiger partial charge is 0.494 e. The molecule has 0 aliphatic carbocycles. The lowest BCUT2D eigenvalue weighted by Crippen LogP contribution is -2.06. The Balaban J connectivity index is 2.44. The van der Waals surface area contributed by atoms with E-state index in [4.69, 9.17) is 9.84 Å². The van der Waals surface area contributed by atoms with Gasteiger partial charge in [-0.3, -0.25) is 4.98 Å². The van der Waals surface area contributed by atoms with Crippen molar-refractivity contribution < 1.29 is 14.9 Å². The normalized spacial score (nSPS) is 13.0. The first-order valence-electron chi connectivity index (χ1n) is 5.98. The number of hydrogen-bond acceptors (Lipinski definition) is 4. The number of nitrogens with one attached hydrogen (secondary N) is 1. The molecule has 0 bridgehead atoms. The molecule has 2 heterocycles. The van der Waals surface area contributed by atoms with E-state index in [0.29, 0.717) is 17.0 Å². The summed E-state index contributed by atoms with van der Waals surface area (Å²) in [6.07, 6.45) is 0.554. The molecule has 3 rings (SSSR count). The zero-order valence-electron chi connectivity index (χ0n) is 10.4. The summed E-state index contributed by atoms with van der Waals surface area (Å²) in [6.45, 7) is -0.371. The zero-order chi connectivity index (χ0) is 13.4. The van der Waals surface area contributed by atoms with Gasteiger partial charge in [0.25, 0.3) is 0 Å². The molecule has 3 aromatic rings. The molecule has 0 saturated heterocycles. The number of aromatic amines is 1. The maximum Gasteiger partial charge on any atom is 0.147 e. The Morgan fingerprint density at radius 3 is 2.89 bits per heavy atom. The van der Waals surface area contributed by atoms with Crippen LogP contribution < -0.4 is 4.74 Å². The minimum atomic E-state index is -1.01. The molecule has 0 radical (unpaired) electrons.